The van der Waals surface area contributed by atoms with Gasteiger partial charge in [0.2, 0.25) is 15.7 Å². The number of sulfone groups is 1. The quantitative estimate of drug-likeness (QED) is 0.647. The average molecular weight is 369 g/mol. The summed E-state index contributed by atoms with van der Waals surface area (Å²) in [5, 5.41) is 2.55. The predicted octanol–water partition coefficient (Wildman–Crippen LogP) is 2.86. The number of benzene rings is 2. The summed E-state index contributed by atoms with van der Waals surface area (Å²) in [5.74, 6) is -4.37. The van der Waals surface area contributed by atoms with Crippen molar-refractivity contribution in [1.29, 1.82) is 0 Å². The number of anilines is 1. The minimum atomic E-state index is -4.71. The SMILES string of the molecule is CC(=O)Nc1ccc(OC(=O)c2ccc(S(=O)(=O)C(F)F)cc2)cc1. The van der Waals surface area contributed by atoms with Gasteiger partial charge in [-0.25, -0.2) is 13.2 Å². The molecule has 2 aromatic carbocycles. The molecule has 0 unspecified atom stereocenters. The highest BCUT2D eigenvalue weighted by molar-refractivity contribution is 7.91. The van der Waals surface area contributed by atoms with E-state index in [9.17, 15) is 26.8 Å². The number of amides is 1. The molecule has 132 valence electrons. The Bertz CT molecular complexity index is 878. The average Bonchev–Trinajstić information content (AvgIpc) is 2.56. The molecule has 0 aliphatic carbocycles. The first-order valence-electron chi connectivity index (χ1n) is 6.92. The van der Waals surface area contributed by atoms with Crippen molar-refractivity contribution in [3.05, 3.63) is 54.1 Å². The molecule has 1 amide bonds. The molecule has 0 saturated carbocycles. The molecule has 0 spiro atoms. The van der Waals surface area contributed by atoms with Gasteiger partial charge in [-0.15, -0.1) is 0 Å². The van der Waals surface area contributed by atoms with E-state index < -0.39 is 26.5 Å². The molecule has 0 bridgehead atoms. The second-order valence-electron chi connectivity index (χ2n) is 4.93. The molecule has 0 aliphatic heterocycles. The van der Waals surface area contributed by atoms with E-state index in [2.05, 4.69) is 5.32 Å². The molecule has 0 radical (unpaired) electrons. The number of halogens is 2. The maximum absolute atomic E-state index is 12.5. The number of nitrogens with one attached hydrogen (secondary N) is 1. The lowest BCUT2D eigenvalue weighted by molar-refractivity contribution is -0.114. The van der Waals surface area contributed by atoms with Gasteiger partial charge in [0.15, 0.2) is 0 Å². The van der Waals surface area contributed by atoms with Crippen LogP contribution in [-0.2, 0) is 14.6 Å². The largest absolute Gasteiger partial charge is 0.423 e. The first kappa shape index (κ1) is 18.5. The number of carbonyl (C=O) groups excluding carboxylic acids is 2. The van der Waals surface area contributed by atoms with E-state index in [1.807, 2.05) is 0 Å². The minimum absolute atomic E-state index is 0.000783. The summed E-state index contributed by atoms with van der Waals surface area (Å²) in [6, 6.07) is 9.98. The summed E-state index contributed by atoms with van der Waals surface area (Å²) in [4.78, 5) is 22.3. The molecule has 0 aliphatic rings. The van der Waals surface area contributed by atoms with Crippen molar-refractivity contribution >= 4 is 27.4 Å². The summed E-state index contributed by atoms with van der Waals surface area (Å²) in [6.07, 6.45) is 0. The van der Waals surface area contributed by atoms with Crippen LogP contribution in [0.3, 0.4) is 0 Å². The van der Waals surface area contributed by atoms with Crippen LogP contribution in [-0.4, -0.2) is 26.1 Å². The molecule has 6 nitrogen and oxygen atoms in total. The van der Waals surface area contributed by atoms with Gasteiger partial charge in [-0.05, 0) is 48.5 Å². The summed E-state index contributed by atoms with van der Waals surface area (Å²) in [7, 11) is -4.71. The Balaban J connectivity index is 2.10. The maximum atomic E-state index is 12.5. The van der Waals surface area contributed by atoms with Gasteiger partial charge in [-0.3, -0.25) is 4.79 Å². The number of hydrogen-bond donors (Lipinski definition) is 1. The Hall–Kier alpha value is -2.81. The molecular weight excluding hydrogens is 356 g/mol. The Morgan fingerprint density at radius 2 is 1.56 bits per heavy atom. The van der Waals surface area contributed by atoms with Crippen LogP contribution in [0.2, 0.25) is 0 Å². The lowest BCUT2D eigenvalue weighted by Gasteiger charge is -2.07. The zero-order valence-corrected chi connectivity index (χ0v) is 13.7. The Morgan fingerprint density at radius 3 is 2.04 bits per heavy atom. The molecule has 2 aromatic rings. The van der Waals surface area contributed by atoms with Crippen LogP contribution in [0.1, 0.15) is 17.3 Å². The van der Waals surface area contributed by atoms with Gasteiger partial charge in [-0.1, -0.05) is 0 Å². The molecule has 1 N–H and O–H groups in total. The second kappa shape index (κ2) is 7.39. The van der Waals surface area contributed by atoms with Crippen molar-refractivity contribution in [2.24, 2.45) is 0 Å². The van der Waals surface area contributed by atoms with Crippen LogP contribution in [0.25, 0.3) is 0 Å². The summed E-state index contributed by atoms with van der Waals surface area (Å²) >= 11 is 0. The summed E-state index contributed by atoms with van der Waals surface area (Å²) in [5.41, 5.74) is 0.521. The topological polar surface area (TPSA) is 89.5 Å². The number of carbonyl (C=O) groups is 2. The van der Waals surface area contributed by atoms with E-state index >= 15 is 0 Å². The van der Waals surface area contributed by atoms with Crippen LogP contribution >= 0.6 is 0 Å². The third-order valence-electron chi connectivity index (χ3n) is 3.04. The highest BCUT2D eigenvalue weighted by atomic mass is 32.2. The summed E-state index contributed by atoms with van der Waals surface area (Å²) in [6.45, 7) is 1.35. The fourth-order valence-electron chi connectivity index (χ4n) is 1.86. The van der Waals surface area contributed by atoms with Crippen molar-refractivity contribution in [3.63, 3.8) is 0 Å². The van der Waals surface area contributed by atoms with Gasteiger partial charge >= 0.3 is 11.7 Å². The van der Waals surface area contributed by atoms with Crippen molar-refractivity contribution in [1.82, 2.24) is 0 Å². The van der Waals surface area contributed by atoms with E-state index in [1.54, 1.807) is 0 Å². The smallest absolute Gasteiger partial charge is 0.343 e. The zero-order valence-electron chi connectivity index (χ0n) is 12.9. The minimum Gasteiger partial charge on any atom is -0.423 e. The standard InChI is InChI=1S/C16H13F2NO5S/c1-10(20)19-12-4-6-13(7-5-12)24-15(21)11-2-8-14(9-3-11)25(22,23)16(17)18/h2-9,16H,1H3,(H,19,20). The molecule has 0 heterocycles. The fraction of sp³-hybridized carbons (Fsp3) is 0.125. The van der Waals surface area contributed by atoms with Crippen molar-refractivity contribution in [2.75, 3.05) is 5.32 Å². The lowest BCUT2D eigenvalue weighted by atomic mass is 10.2. The molecule has 0 atom stereocenters. The molecule has 2 rings (SSSR count). The first-order chi connectivity index (χ1) is 11.7. The van der Waals surface area contributed by atoms with Gasteiger partial charge in [0, 0.05) is 12.6 Å². The van der Waals surface area contributed by atoms with E-state index in [4.69, 9.17) is 4.74 Å². The van der Waals surface area contributed by atoms with Crippen molar-refractivity contribution in [2.45, 2.75) is 17.6 Å². The van der Waals surface area contributed by atoms with Crippen LogP contribution in [0, 0.1) is 0 Å². The van der Waals surface area contributed by atoms with Crippen molar-refractivity contribution in [3.8, 4) is 5.75 Å². The molecular formula is C16H13F2NO5S. The zero-order chi connectivity index (χ0) is 18.6. The van der Waals surface area contributed by atoms with E-state index in [1.165, 1.54) is 31.2 Å². The third-order valence-corrected chi connectivity index (χ3v) is 4.44. The van der Waals surface area contributed by atoms with E-state index in [-0.39, 0.29) is 17.2 Å². The van der Waals surface area contributed by atoms with Gasteiger partial charge in [-0.2, -0.15) is 8.78 Å². The normalized spacial score (nSPS) is 11.2. The Morgan fingerprint density at radius 1 is 1.00 bits per heavy atom. The number of alkyl halides is 2. The van der Waals surface area contributed by atoms with Crippen LogP contribution in [0.4, 0.5) is 14.5 Å². The van der Waals surface area contributed by atoms with Crippen LogP contribution in [0.5, 0.6) is 5.75 Å². The number of ether oxygens (including phenoxy) is 1. The lowest BCUT2D eigenvalue weighted by Crippen LogP contribution is -2.12. The van der Waals surface area contributed by atoms with E-state index in [0.29, 0.717) is 5.69 Å². The Labute approximate surface area is 142 Å². The van der Waals surface area contributed by atoms with Crippen LogP contribution < -0.4 is 10.1 Å². The third kappa shape index (κ3) is 4.60. The number of rotatable bonds is 5. The van der Waals surface area contributed by atoms with E-state index in [0.717, 1.165) is 24.3 Å². The second-order valence-corrected chi connectivity index (χ2v) is 6.84. The number of hydrogen-bond acceptors (Lipinski definition) is 5. The van der Waals surface area contributed by atoms with Gasteiger partial charge in [0.25, 0.3) is 0 Å². The molecule has 0 saturated heterocycles. The first-order valence-corrected chi connectivity index (χ1v) is 8.47. The maximum Gasteiger partial charge on any atom is 0.343 e. The molecule has 0 fully saturated rings. The van der Waals surface area contributed by atoms with Gasteiger partial charge in [0.1, 0.15) is 5.75 Å². The Kier molecular flexibility index (Phi) is 5.48. The summed E-state index contributed by atoms with van der Waals surface area (Å²) < 4.78 is 52.6. The predicted molar refractivity (Wildman–Crippen MR) is 85.3 cm³/mol. The molecule has 25 heavy (non-hydrogen) atoms. The monoisotopic (exact) mass is 369 g/mol. The van der Waals surface area contributed by atoms with Gasteiger partial charge in [0.05, 0.1) is 10.5 Å². The molecule has 9 heteroatoms. The van der Waals surface area contributed by atoms with Crippen molar-refractivity contribution < 1.29 is 31.5 Å². The highest BCUT2D eigenvalue weighted by Gasteiger charge is 2.26. The molecule has 0 aromatic heterocycles. The highest BCUT2D eigenvalue weighted by Crippen LogP contribution is 2.20. The van der Waals surface area contributed by atoms with Gasteiger partial charge < -0.3 is 10.1 Å². The fourth-order valence-corrected chi connectivity index (χ4v) is 2.58. The van der Waals surface area contributed by atoms with Crippen LogP contribution in [0.15, 0.2) is 53.4 Å². The number of esters is 1.